The van der Waals surface area contributed by atoms with E-state index in [-0.39, 0.29) is 5.38 Å². The molecule has 0 amide bonds. The topological polar surface area (TPSA) is 9.23 Å². The molecule has 0 aliphatic rings. The normalized spacial score (nSPS) is 12.2. The van der Waals surface area contributed by atoms with Crippen LogP contribution in [0, 0.1) is 0 Å². The minimum absolute atomic E-state index is 0.105. The molecule has 0 aromatic heterocycles. The van der Waals surface area contributed by atoms with E-state index in [1.165, 1.54) is 11.1 Å². The van der Waals surface area contributed by atoms with Gasteiger partial charge in [-0.2, -0.15) is 0 Å². The Labute approximate surface area is 120 Å². The highest BCUT2D eigenvalue weighted by Crippen LogP contribution is 2.32. The standard InChI is InChI=1S/C17H19ClO/c1-3-13-7-5-6-8-16(13)17(18)14-9-11-15(12-10-14)19-4-2/h5-12,17H,3-4H2,1-2H3. The molecule has 0 spiro atoms. The molecule has 0 heterocycles. The van der Waals surface area contributed by atoms with Crippen LogP contribution in [0.3, 0.4) is 0 Å². The van der Waals surface area contributed by atoms with E-state index in [2.05, 4.69) is 25.1 Å². The Balaban J connectivity index is 2.25. The summed E-state index contributed by atoms with van der Waals surface area (Å²) in [5.74, 6) is 0.888. The van der Waals surface area contributed by atoms with Gasteiger partial charge < -0.3 is 4.74 Å². The summed E-state index contributed by atoms with van der Waals surface area (Å²) in [7, 11) is 0. The van der Waals surface area contributed by atoms with Crippen LogP contribution >= 0.6 is 11.6 Å². The fourth-order valence-corrected chi connectivity index (χ4v) is 2.54. The maximum atomic E-state index is 6.60. The minimum Gasteiger partial charge on any atom is -0.494 e. The maximum Gasteiger partial charge on any atom is 0.119 e. The molecule has 1 unspecified atom stereocenters. The van der Waals surface area contributed by atoms with Gasteiger partial charge >= 0.3 is 0 Å². The van der Waals surface area contributed by atoms with Crippen molar-refractivity contribution >= 4 is 11.6 Å². The van der Waals surface area contributed by atoms with Gasteiger partial charge in [0, 0.05) is 0 Å². The molecule has 1 atom stereocenters. The number of hydrogen-bond donors (Lipinski definition) is 0. The first-order valence-electron chi connectivity index (χ1n) is 6.70. The summed E-state index contributed by atoms with van der Waals surface area (Å²) in [5.41, 5.74) is 3.60. The Bertz CT molecular complexity index is 519. The van der Waals surface area contributed by atoms with E-state index in [9.17, 15) is 0 Å². The molecule has 0 saturated heterocycles. The van der Waals surface area contributed by atoms with Crippen molar-refractivity contribution in [3.8, 4) is 5.75 Å². The van der Waals surface area contributed by atoms with Crippen molar-refractivity contribution in [2.75, 3.05) is 6.61 Å². The predicted octanol–water partition coefficient (Wildman–Crippen LogP) is 4.98. The molecule has 19 heavy (non-hydrogen) atoms. The van der Waals surface area contributed by atoms with Crippen molar-refractivity contribution in [2.24, 2.45) is 0 Å². The van der Waals surface area contributed by atoms with Gasteiger partial charge in [-0.05, 0) is 42.2 Å². The molecule has 0 radical (unpaired) electrons. The van der Waals surface area contributed by atoms with E-state index in [4.69, 9.17) is 16.3 Å². The van der Waals surface area contributed by atoms with Crippen LogP contribution < -0.4 is 4.74 Å². The summed E-state index contributed by atoms with van der Waals surface area (Å²) in [6, 6.07) is 16.4. The van der Waals surface area contributed by atoms with Gasteiger partial charge in [0.15, 0.2) is 0 Å². The molecule has 0 fully saturated rings. The molecule has 1 nitrogen and oxygen atoms in total. The zero-order chi connectivity index (χ0) is 13.7. The highest BCUT2D eigenvalue weighted by Gasteiger charge is 2.13. The lowest BCUT2D eigenvalue weighted by Gasteiger charge is -2.15. The smallest absolute Gasteiger partial charge is 0.119 e. The lowest BCUT2D eigenvalue weighted by molar-refractivity contribution is 0.340. The second-order valence-corrected chi connectivity index (χ2v) is 4.85. The second kappa shape index (κ2) is 6.63. The van der Waals surface area contributed by atoms with Crippen molar-refractivity contribution in [3.63, 3.8) is 0 Å². The molecule has 0 bridgehead atoms. The number of alkyl halides is 1. The largest absolute Gasteiger partial charge is 0.494 e. The van der Waals surface area contributed by atoms with Crippen molar-refractivity contribution < 1.29 is 4.74 Å². The summed E-state index contributed by atoms with van der Waals surface area (Å²) in [4.78, 5) is 0. The quantitative estimate of drug-likeness (QED) is 0.699. The molecule has 2 heteroatoms. The van der Waals surface area contributed by atoms with Crippen LogP contribution in [-0.2, 0) is 6.42 Å². The lowest BCUT2D eigenvalue weighted by atomic mass is 9.98. The molecule has 100 valence electrons. The fourth-order valence-electron chi connectivity index (χ4n) is 2.18. The molecule has 0 saturated carbocycles. The van der Waals surface area contributed by atoms with Crippen LogP contribution in [-0.4, -0.2) is 6.61 Å². The van der Waals surface area contributed by atoms with Crippen LogP contribution in [0.5, 0.6) is 5.75 Å². The molecule has 0 N–H and O–H groups in total. The highest BCUT2D eigenvalue weighted by molar-refractivity contribution is 6.22. The number of halogens is 1. The van der Waals surface area contributed by atoms with Gasteiger partial charge in [0.1, 0.15) is 5.75 Å². The van der Waals surface area contributed by atoms with Gasteiger partial charge in [0.25, 0.3) is 0 Å². The lowest BCUT2D eigenvalue weighted by Crippen LogP contribution is -1.98. The van der Waals surface area contributed by atoms with Gasteiger partial charge in [-0.15, -0.1) is 11.6 Å². The number of ether oxygens (including phenoxy) is 1. The summed E-state index contributed by atoms with van der Waals surface area (Å²) in [6.07, 6.45) is 0.996. The molecule has 2 aromatic rings. The first kappa shape index (κ1) is 14.0. The van der Waals surface area contributed by atoms with Crippen molar-refractivity contribution in [3.05, 3.63) is 65.2 Å². The number of hydrogen-bond acceptors (Lipinski definition) is 1. The van der Waals surface area contributed by atoms with Crippen LogP contribution in [0.25, 0.3) is 0 Å². The van der Waals surface area contributed by atoms with Gasteiger partial charge in [-0.3, -0.25) is 0 Å². The Morgan fingerprint density at radius 2 is 1.68 bits per heavy atom. The van der Waals surface area contributed by atoms with E-state index in [1.54, 1.807) is 0 Å². The second-order valence-electron chi connectivity index (χ2n) is 4.42. The molecule has 2 aromatic carbocycles. The number of aryl methyl sites for hydroxylation is 1. The van der Waals surface area contributed by atoms with E-state index >= 15 is 0 Å². The van der Waals surface area contributed by atoms with E-state index < -0.39 is 0 Å². The zero-order valence-corrected chi connectivity index (χ0v) is 12.2. The van der Waals surface area contributed by atoms with Crippen LogP contribution in [0.1, 0.15) is 35.9 Å². The molecule has 0 aliphatic carbocycles. The SMILES string of the molecule is CCOc1ccc(C(Cl)c2ccccc2CC)cc1. The fraction of sp³-hybridized carbons (Fsp3) is 0.294. The first-order chi connectivity index (χ1) is 9.26. The summed E-state index contributed by atoms with van der Waals surface area (Å²) in [6.45, 7) is 4.82. The Morgan fingerprint density at radius 1 is 1.00 bits per heavy atom. The van der Waals surface area contributed by atoms with Crippen molar-refractivity contribution in [1.82, 2.24) is 0 Å². The van der Waals surface area contributed by atoms with E-state index in [1.807, 2.05) is 37.3 Å². The monoisotopic (exact) mass is 274 g/mol. The average Bonchev–Trinajstić information content (AvgIpc) is 2.47. The third-order valence-corrected chi connectivity index (χ3v) is 3.68. The highest BCUT2D eigenvalue weighted by atomic mass is 35.5. The predicted molar refractivity (Wildman–Crippen MR) is 81.1 cm³/mol. The van der Waals surface area contributed by atoms with Gasteiger partial charge in [-0.1, -0.05) is 43.3 Å². The third-order valence-electron chi connectivity index (χ3n) is 3.19. The average molecular weight is 275 g/mol. The van der Waals surface area contributed by atoms with Gasteiger partial charge in [-0.25, -0.2) is 0 Å². The van der Waals surface area contributed by atoms with Crippen LogP contribution in [0.4, 0.5) is 0 Å². The van der Waals surface area contributed by atoms with Crippen molar-refractivity contribution in [2.45, 2.75) is 25.6 Å². The summed E-state index contributed by atoms with van der Waals surface area (Å²) in [5, 5.41) is -0.105. The Morgan fingerprint density at radius 3 is 2.32 bits per heavy atom. The zero-order valence-electron chi connectivity index (χ0n) is 11.4. The summed E-state index contributed by atoms with van der Waals surface area (Å²) >= 11 is 6.60. The first-order valence-corrected chi connectivity index (χ1v) is 7.14. The molecular formula is C17H19ClO. The number of benzene rings is 2. The Hall–Kier alpha value is -1.47. The maximum absolute atomic E-state index is 6.60. The molecular weight excluding hydrogens is 256 g/mol. The van der Waals surface area contributed by atoms with E-state index in [0.29, 0.717) is 6.61 Å². The number of rotatable bonds is 5. The third kappa shape index (κ3) is 3.30. The molecule has 0 aliphatic heterocycles. The Kier molecular flexibility index (Phi) is 4.86. The molecule has 2 rings (SSSR count). The minimum atomic E-state index is -0.105. The van der Waals surface area contributed by atoms with Gasteiger partial charge in [0.2, 0.25) is 0 Å². The van der Waals surface area contributed by atoms with E-state index in [0.717, 1.165) is 17.7 Å². The van der Waals surface area contributed by atoms with Crippen molar-refractivity contribution in [1.29, 1.82) is 0 Å². The van der Waals surface area contributed by atoms with Crippen LogP contribution in [0.2, 0.25) is 0 Å². The summed E-state index contributed by atoms with van der Waals surface area (Å²) < 4.78 is 5.45. The van der Waals surface area contributed by atoms with Crippen LogP contribution in [0.15, 0.2) is 48.5 Å². The van der Waals surface area contributed by atoms with Gasteiger partial charge in [0.05, 0.1) is 12.0 Å².